The minimum atomic E-state index is -5.89. The molecule has 3 saturated carbocycles. The molecule has 3 aliphatic rings. The molecule has 0 heterocycles. The van der Waals surface area contributed by atoms with Crippen molar-refractivity contribution in [2.24, 2.45) is 23.2 Å². The van der Waals surface area contributed by atoms with Crippen LogP contribution in [-0.4, -0.2) is 51.1 Å². The predicted octanol–water partition coefficient (Wildman–Crippen LogP) is 7.91. The van der Waals surface area contributed by atoms with Gasteiger partial charge in [0.05, 0.1) is 11.7 Å². The summed E-state index contributed by atoms with van der Waals surface area (Å²) in [6, 6.07) is 0. The molecule has 3 N–H and O–H groups in total. The molecule has 0 aromatic rings. The number of halogens is 7. The van der Waals surface area contributed by atoms with Crippen molar-refractivity contribution in [2.45, 2.75) is 127 Å². The molecule has 0 radical (unpaired) electrons. The molecule has 40 heavy (non-hydrogen) atoms. The van der Waals surface area contributed by atoms with Crippen LogP contribution >= 0.6 is 0 Å². The first-order valence-electron chi connectivity index (χ1n) is 14.2. The summed E-state index contributed by atoms with van der Waals surface area (Å²) in [5.41, 5.74) is -4.59. The Bertz CT molecular complexity index is 961. The van der Waals surface area contributed by atoms with E-state index in [1.165, 1.54) is 13.8 Å². The van der Waals surface area contributed by atoms with Gasteiger partial charge in [0.1, 0.15) is 6.17 Å². The molecule has 0 aromatic carbocycles. The summed E-state index contributed by atoms with van der Waals surface area (Å²) in [6.45, 7) is 8.80. The zero-order valence-electron chi connectivity index (χ0n) is 23.5. The van der Waals surface area contributed by atoms with Gasteiger partial charge in [0.2, 0.25) is 0 Å². The van der Waals surface area contributed by atoms with Crippen molar-refractivity contribution < 1.29 is 46.1 Å². The fraction of sp³-hybridized carbons (Fsp3) is 0.800. The number of aliphatic hydroxyl groups excluding tert-OH is 1. The third-order valence-electron chi connectivity index (χ3n) is 9.69. The normalized spacial score (nSPS) is 33.5. The molecule has 3 aliphatic carbocycles. The lowest BCUT2D eigenvalue weighted by atomic mass is 9.59. The fourth-order valence-electron chi connectivity index (χ4n) is 7.50. The average molecular weight is 585 g/mol. The van der Waals surface area contributed by atoms with Gasteiger partial charge in [-0.25, -0.2) is 4.39 Å². The van der Waals surface area contributed by atoms with Crippen LogP contribution in [-0.2, 0) is 0 Å². The lowest BCUT2D eigenvalue weighted by molar-refractivity contribution is -0.374. The van der Waals surface area contributed by atoms with E-state index < -0.39 is 59.5 Å². The van der Waals surface area contributed by atoms with Gasteiger partial charge in [0.25, 0.3) is 5.60 Å². The van der Waals surface area contributed by atoms with Crippen molar-refractivity contribution in [1.29, 1.82) is 0 Å². The van der Waals surface area contributed by atoms with Crippen molar-refractivity contribution in [3.05, 3.63) is 35.5 Å². The lowest BCUT2D eigenvalue weighted by Gasteiger charge is -2.46. The molecule has 10 heteroatoms. The van der Waals surface area contributed by atoms with Crippen molar-refractivity contribution in [3.63, 3.8) is 0 Å². The molecule has 0 aliphatic heterocycles. The van der Waals surface area contributed by atoms with E-state index in [1.54, 1.807) is 6.08 Å². The van der Waals surface area contributed by atoms with Crippen LogP contribution in [0.25, 0.3) is 0 Å². The van der Waals surface area contributed by atoms with Gasteiger partial charge in [-0.2, -0.15) is 26.3 Å². The van der Waals surface area contributed by atoms with E-state index in [0.29, 0.717) is 43.3 Å². The second kappa shape index (κ2) is 11.7. The number of rotatable bonds is 8. The highest BCUT2D eigenvalue weighted by molar-refractivity contribution is 5.38. The summed E-state index contributed by atoms with van der Waals surface area (Å²) in [7, 11) is 0. The van der Waals surface area contributed by atoms with E-state index in [0.717, 1.165) is 5.57 Å². The Hall–Kier alpha value is -1.39. The summed E-state index contributed by atoms with van der Waals surface area (Å²) < 4.78 is 96.6. The molecule has 3 nitrogen and oxygen atoms in total. The minimum absolute atomic E-state index is 0.00777. The molecule has 230 valence electrons. The van der Waals surface area contributed by atoms with Crippen molar-refractivity contribution in [1.82, 2.24) is 0 Å². The monoisotopic (exact) mass is 584 g/mol. The van der Waals surface area contributed by atoms with E-state index in [1.807, 2.05) is 13.0 Å². The van der Waals surface area contributed by atoms with Crippen LogP contribution in [0.15, 0.2) is 35.5 Å². The number of allylic oxidation sites excluding steroid dienone is 4. The third-order valence-corrected chi connectivity index (χ3v) is 9.69. The molecule has 3 unspecified atom stereocenters. The smallest absolute Gasteiger partial charge is 0.393 e. The number of hydrogen-bond donors (Lipinski definition) is 3. The molecule has 0 aromatic heterocycles. The summed E-state index contributed by atoms with van der Waals surface area (Å²) in [5.74, 6) is -1.63. The van der Waals surface area contributed by atoms with E-state index in [-0.39, 0.29) is 38.0 Å². The summed E-state index contributed by atoms with van der Waals surface area (Å²) in [4.78, 5) is 0. The van der Waals surface area contributed by atoms with E-state index in [2.05, 4.69) is 6.58 Å². The average Bonchev–Trinajstić information content (AvgIpc) is 3.14. The number of hydrogen-bond acceptors (Lipinski definition) is 3. The summed E-state index contributed by atoms with van der Waals surface area (Å²) >= 11 is 0. The largest absolute Gasteiger partial charge is 0.426 e. The maximum Gasteiger partial charge on any atom is 0.426 e. The highest BCUT2D eigenvalue weighted by Crippen LogP contribution is 2.62. The first-order chi connectivity index (χ1) is 18.2. The Balaban J connectivity index is 1.93. The lowest BCUT2D eigenvalue weighted by Crippen LogP contribution is -2.58. The van der Waals surface area contributed by atoms with Crippen molar-refractivity contribution >= 4 is 0 Å². The Labute approximate surface area is 232 Å². The van der Waals surface area contributed by atoms with Crippen LogP contribution in [0.3, 0.4) is 0 Å². The molecule has 3 fully saturated rings. The van der Waals surface area contributed by atoms with Gasteiger partial charge in [-0.3, -0.25) is 0 Å². The first kappa shape index (κ1) is 33.1. The van der Waals surface area contributed by atoms with Crippen LogP contribution < -0.4 is 0 Å². The molecule has 0 bridgehead atoms. The number of aliphatic hydroxyl groups is 3. The van der Waals surface area contributed by atoms with Crippen LogP contribution in [0.4, 0.5) is 30.7 Å². The molecule has 3 rings (SSSR count). The first-order valence-corrected chi connectivity index (χ1v) is 14.2. The van der Waals surface area contributed by atoms with Gasteiger partial charge in [-0.1, -0.05) is 37.6 Å². The van der Waals surface area contributed by atoms with E-state index in [9.17, 15) is 46.1 Å². The topological polar surface area (TPSA) is 60.7 Å². The van der Waals surface area contributed by atoms with Crippen LogP contribution in [0.1, 0.15) is 91.4 Å². The van der Waals surface area contributed by atoms with Crippen molar-refractivity contribution in [3.8, 4) is 0 Å². The van der Waals surface area contributed by atoms with Gasteiger partial charge in [-0.05, 0) is 106 Å². The SMILES string of the molecule is C=C1/C(=C\C=C2/CCC[C@@]3(C)C2CCC3C(CCCC(C)(C)O)CC(O)(C(F)(F)F)C(F)(F)F)C[C@@H](O)C[C@@H]1F. The van der Waals surface area contributed by atoms with Crippen LogP contribution in [0, 0.1) is 23.2 Å². The quantitative estimate of drug-likeness (QED) is 0.254. The second-order valence-corrected chi connectivity index (χ2v) is 13.1. The zero-order chi connectivity index (χ0) is 30.3. The second-order valence-electron chi connectivity index (χ2n) is 13.1. The maximum absolute atomic E-state index is 14.2. The van der Waals surface area contributed by atoms with Gasteiger partial charge in [0, 0.05) is 6.42 Å². The summed E-state index contributed by atoms with van der Waals surface area (Å²) in [5, 5.41) is 30.2. The third kappa shape index (κ3) is 6.97. The fourth-order valence-corrected chi connectivity index (χ4v) is 7.50. The molecular weight excluding hydrogens is 541 g/mol. The number of fused-ring (bicyclic) bond motifs is 1. The highest BCUT2D eigenvalue weighted by Gasteiger charge is 2.71. The molecule has 0 saturated heterocycles. The van der Waals surface area contributed by atoms with Gasteiger partial charge < -0.3 is 15.3 Å². The number of alkyl halides is 7. The van der Waals surface area contributed by atoms with Crippen LogP contribution in [0.2, 0.25) is 0 Å². The summed E-state index contributed by atoms with van der Waals surface area (Å²) in [6.07, 6.45) is -8.02. The standard InChI is InChI=1S/C30H43F7O3/c1-18-20(15-22(38)16-25(18)31)10-9-19-7-6-14-27(4)23(19)11-12-24(27)21(8-5-13-26(2,3)39)17-28(40,29(32,33)34)30(35,36)37/h9-10,21-25,38-40H,1,5-8,11-17H2,2-4H3/b19-9+,20-10-/t21?,22-,23?,24?,25+,27+/m1/s1. The Kier molecular flexibility index (Phi) is 9.69. The predicted molar refractivity (Wildman–Crippen MR) is 139 cm³/mol. The van der Waals surface area contributed by atoms with Gasteiger partial charge >= 0.3 is 12.4 Å². The van der Waals surface area contributed by atoms with Gasteiger partial charge in [-0.15, -0.1) is 0 Å². The van der Waals surface area contributed by atoms with Gasteiger partial charge in [0.15, 0.2) is 0 Å². The maximum atomic E-state index is 14.2. The Morgan fingerprint density at radius 1 is 1.05 bits per heavy atom. The molecule has 6 atom stereocenters. The Morgan fingerprint density at radius 3 is 2.25 bits per heavy atom. The zero-order valence-corrected chi connectivity index (χ0v) is 23.5. The van der Waals surface area contributed by atoms with Crippen LogP contribution in [0.5, 0.6) is 0 Å². The molecule has 0 spiro atoms. The highest BCUT2D eigenvalue weighted by atomic mass is 19.4. The Morgan fingerprint density at radius 2 is 1.68 bits per heavy atom. The molecular formula is C30H43F7O3. The minimum Gasteiger partial charge on any atom is -0.393 e. The van der Waals surface area contributed by atoms with Crippen molar-refractivity contribution in [2.75, 3.05) is 0 Å². The molecule has 0 amide bonds. The van der Waals surface area contributed by atoms with E-state index in [4.69, 9.17) is 0 Å². The van der Waals surface area contributed by atoms with E-state index >= 15 is 0 Å².